The van der Waals surface area contributed by atoms with Gasteiger partial charge in [0.1, 0.15) is 0 Å². The molecule has 0 aromatic carbocycles. The lowest BCUT2D eigenvalue weighted by molar-refractivity contribution is -0.122. The summed E-state index contributed by atoms with van der Waals surface area (Å²) >= 11 is 0. The highest BCUT2D eigenvalue weighted by Gasteiger charge is 2.17. The summed E-state index contributed by atoms with van der Waals surface area (Å²) in [5.41, 5.74) is 0.837. The number of nitrogens with zero attached hydrogens (tertiary/aromatic N) is 2. The lowest BCUT2D eigenvalue weighted by Crippen LogP contribution is -2.44. The standard InChI is InChI=1S/C32H48N6O4/c1-25(29(39)37-31(41)27-15-21-33-22-16-27)35-19-13-11-9-7-5-3-4-6-8-10-12-14-20-36-26(2)30(40)38-32(42)28-17-23-34-24-18-28/h15-18,21-26,35-36H,3-14,19-20H2,1-2H3,(H,37,39,41)(H,38,40,42). The van der Waals surface area contributed by atoms with Gasteiger partial charge in [0.15, 0.2) is 0 Å². The third kappa shape index (κ3) is 14.9. The first-order valence-corrected chi connectivity index (χ1v) is 15.4. The summed E-state index contributed by atoms with van der Waals surface area (Å²) in [6, 6.07) is 5.47. The molecule has 0 fully saturated rings. The Bertz CT molecular complexity index is 982. The Kier molecular flexibility index (Phi) is 17.5. The van der Waals surface area contributed by atoms with Gasteiger partial charge in [0.25, 0.3) is 11.8 Å². The molecule has 0 spiro atoms. The number of nitrogens with one attached hydrogen (secondary N) is 4. The van der Waals surface area contributed by atoms with Crippen molar-refractivity contribution in [1.29, 1.82) is 0 Å². The minimum atomic E-state index is -0.419. The second-order valence-corrected chi connectivity index (χ2v) is 10.7. The van der Waals surface area contributed by atoms with Crippen LogP contribution in [-0.2, 0) is 9.59 Å². The van der Waals surface area contributed by atoms with Crippen LogP contribution in [0.3, 0.4) is 0 Å². The average Bonchev–Trinajstić information content (AvgIpc) is 3.01. The van der Waals surface area contributed by atoms with Crippen LogP contribution >= 0.6 is 0 Å². The van der Waals surface area contributed by atoms with Crippen molar-refractivity contribution >= 4 is 23.6 Å². The monoisotopic (exact) mass is 580 g/mol. The minimum absolute atomic E-state index is 0.320. The molecule has 2 aromatic rings. The van der Waals surface area contributed by atoms with Crippen LogP contribution in [-0.4, -0.2) is 58.8 Å². The number of carbonyl (C=O) groups excluding carboxylic acids is 4. The third-order valence-corrected chi connectivity index (χ3v) is 7.15. The Balaban J connectivity index is 1.33. The fraction of sp³-hybridized carbons (Fsp3) is 0.562. The second kappa shape index (κ2) is 21.2. The smallest absolute Gasteiger partial charge is 0.257 e. The van der Waals surface area contributed by atoms with E-state index >= 15 is 0 Å². The molecule has 0 radical (unpaired) electrons. The van der Waals surface area contributed by atoms with Crippen LogP contribution in [0.4, 0.5) is 0 Å². The SMILES string of the molecule is CC(NCCCCCCCCCCCCCCNC(C)C(=O)NC(=O)c1ccncc1)C(=O)NC(=O)c1ccncc1. The lowest BCUT2D eigenvalue weighted by atomic mass is 10.0. The van der Waals surface area contributed by atoms with Gasteiger partial charge in [-0.2, -0.15) is 0 Å². The maximum Gasteiger partial charge on any atom is 0.257 e. The number of unbranched alkanes of at least 4 members (excludes halogenated alkanes) is 11. The van der Waals surface area contributed by atoms with Crippen LogP contribution in [0.2, 0.25) is 0 Å². The van der Waals surface area contributed by atoms with Gasteiger partial charge in [-0.25, -0.2) is 0 Å². The quantitative estimate of drug-likeness (QED) is 0.160. The molecule has 2 heterocycles. The summed E-state index contributed by atoms with van der Waals surface area (Å²) in [6.07, 6.45) is 20.3. The van der Waals surface area contributed by atoms with Crippen molar-refractivity contribution in [2.24, 2.45) is 0 Å². The highest BCUT2D eigenvalue weighted by atomic mass is 16.2. The molecule has 0 aliphatic carbocycles. The molecule has 0 saturated carbocycles. The van der Waals surface area contributed by atoms with Gasteiger partial charge in [-0.3, -0.25) is 39.8 Å². The molecule has 2 rings (SSSR count). The van der Waals surface area contributed by atoms with E-state index in [4.69, 9.17) is 0 Å². The molecular formula is C32H48N6O4. The van der Waals surface area contributed by atoms with E-state index < -0.39 is 23.9 Å². The number of aromatic nitrogens is 2. The molecular weight excluding hydrogens is 532 g/mol. The van der Waals surface area contributed by atoms with Crippen molar-refractivity contribution in [1.82, 2.24) is 31.2 Å². The molecule has 4 amide bonds. The van der Waals surface area contributed by atoms with E-state index in [0.717, 1.165) is 38.8 Å². The van der Waals surface area contributed by atoms with Crippen LogP contribution in [0.25, 0.3) is 0 Å². The largest absolute Gasteiger partial charge is 0.306 e. The predicted molar refractivity (Wildman–Crippen MR) is 164 cm³/mol. The van der Waals surface area contributed by atoms with Gasteiger partial charge in [0.05, 0.1) is 12.1 Å². The third-order valence-electron chi connectivity index (χ3n) is 7.15. The van der Waals surface area contributed by atoms with E-state index in [1.54, 1.807) is 38.1 Å². The normalized spacial score (nSPS) is 12.3. The van der Waals surface area contributed by atoms with Gasteiger partial charge in [-0.05, 0) is 64.0 Å². The minimum Gasteiger partial charge on any atom is -0.306 e. The lowest BCUT2D eigenvalue weighted by Gasteiger charge is -2.13. The highest BCUT2D eigenvalue weighted by molar-refractivity contribution is 6.06. The van der Waals surface area contributed by atoms with Crippen LogP contribution in [0.1, 0.15) is 112 Å². The molecule has 0 aliphatic rings. The first kappa shape index (κ1) is 34.7. The number of amides is 4. The molecule has 4 N–H and O–H groups in total. The fourth-order valence-electron chi connectivity index (χ4n) is 4.43. The first-order valence-electron chi connectivity index (χ1n) is 15.4. The van der Waals surface area contributed by atoms with Gasteiger partial charge in [-0.15, -0.1) is 0 Å². The van der Waals surface area contributed by atoms with Crippen molar-refractivity contribution in [2.45, 2.75) is 103 Å². The van der Waals surface area contributed by atoms with E-state index in [1.807, 2.05) is 0 Å². The van der Waals surface area contributed by atoms with E-state index in [9.17, 15) is 19.2 Å². The maximum absolute atomic E-state index is 12.2. The summed E-state index contributed by atoms with van der Waals surface area (Å²) < 4.78 is 0. The Labute approximate surface area is 250 Å². The average molecular weight is 581 g/mol. The summed E-state index contributed by atoms with van der Waals surface area (Å²) in [6.45, 7) is 5.05. The molecule has 10 nitrogen and oxygen atoms in total. The predicted octanol–water partition coefficient (Wildman–Crippen LogP) is 4.33. The number of carbonyl (C=O) groups is 4. The van der Waals surface area contributed by atoms with Crippen molar-refractivity contribution in [3.8, 4) is 0 Å². The van der Waals surface area contributed by atoms with E-state index in [1.165, 1.54) is 76.2 Å². The van der Waals surface area contributed by atoms with Crippen LogP contribution < -0.4 is 21.3 Å². The van der Waals surface area contributed by atoms with Gasteiger partial charge >= 0.3 is 0 Å². The second-order valence-electron chi connectivity index (χ2n) is 10.7. The van der Waals surface area contributed by atoms with E-state index in [0.29, 0.717) is 11.1 Å². The summed E-state index contributed by atoms with van der Waals surface area (Å²) in [4.78, 5) is 56.2. The molecule has 230 valence electrons. The van der Waals surface area contributed by atoms with Gasteiger partial charge in [0, 0.05) is 35.9 Å². The zero-order valence-corrected chi connectivity index (χ0v) is 25.2. The highest BCUT2D eigenvalue weighted by Crippen LogP contribution is 2.12. The Morgan fingerprint density at radius 3 is 1.12 bits per heavy atom. The van der Waals surface area contributed by atoms with Crippen LogP contribution in [0, 0.1) is 0 Å². The van der Waals surface area contributed by atoms with Gasteiger partial charge < -0.3 is 10.6 Å². The number of imide groups is 2. The van der Waals surface area contributed by atoms with Crippen molar-refractivity contribution in [2.75, 3.05) is 13.1 Å². The molecule has 2 atom stereocenters. The summed E-state index contributed by atoms with van der Waals surface area (Å²) in [7, 11) is 0. The summed E-state index contributed by atoms with van der Waals surface area (Å²) in [5, 5.41) is 11.2. The fourth-order valence-corrected chi connectivity index (χ4v) is 4.43. The van der Waals surface area contributed by atoms with Crippen molar-refractivity contribution in [3.05, 3.63) is 60.2 Å². The molecule has 0 aliphatic heterocycles. The van der Waals surface area contributed by atoms with Gasteiger partial charge in [-0.1, -0.05) is 64.2 Å². The van der Waals surface area contributed by atoms with Gasteiger partial charge in [0.2, 0.25) is 11.8 Å². The summed E-state index contributed by atoms with van der Waals surface area (Å²) in [5.74, 6) is -1.45. The first-order chi connectivity index (χ1) is 20.4. The molecule has 2 aromatic heterocycles. The van der Waals surface area contributed by atoms with Crippen LogP contribution in [0.5, 0.6) is 0 Å². The van der Waals surface area contributed by atoms with Crippen molar-refractivity contribution < 1.29 is 19.2 Å². The number of hydrogen-bond donors (Lipinski definition) is 4. The maximum atomic E-state index is 12.2. The number of rotatable bonds is 21. The zero-order valence-electron chi connectivity index (χ0n) is 25.2. The molecule has 0 saturated heterocycles. The van der Waals surface area contributed by atoms with Crippen LogP contribution in [0.15, 0.2) is 49.1 Å². The number of hydrogen-bond acceptors (Lipinski definition) is 8. The topological polar surface area (TPSA) is 142 Å². The zero-order chi connectivity index (χ0) is 30.4. The van der Waals surface area contributed by atoms with Crippen molar-refractivity contribution in [3.63, 3.8) is 0 Å². The molecule has 42 heavy (non-hydrogen) atoms. The van der Waals surface area contributed by atoms with E-state index in [-0.39, 0.29) is 11.8 Å². The molecule has 0 bridgehead atoms. The Morgan fingerprint density at radius 1 is 0.524 bits per heavy atom. The Morgan fingerprint density at radius 2 is 0.810 bits per heavy atom. The molecule has 10 heteroatoms. The number of pyridine rings is 2. The Hall–Kier alpha value is -3.50. The van der Waals surface area contributed by atoms with E-state index in [2.05, 4.69) is 31.2 Å². The molecule has 2 unspecified atom stereocenters.